The van der Waals surface area contributed by atoms with E-state index in [1.54, 1.807) is 10.8 Å². The Hall–Kier alpha value is -1.83. The van der Waals surface area contributed by atoms with Crippen LogP contribution in [0.1, 0.15) is 32.1 Å². The average Bonchev–Trinajstić information content (AvgIpc) is 3.33. The molecule has 0 aromatic carbocycles. The quantitative estimate of drug-likeness (QED) is 0.884. The van der Waals surface area contributed by atoms with Crippen LogP contribution >= 0.6 is 11.8 Å². The molecule has 4 rings (SSSR count). The van der Waals surface area contributed by atoms with Gasteiger partial charge in [-0.25, -0.2) is 0 Å². The van der Waals surface area contributed by atoms with Crippen LogP contribution in [0.25, 0.3) is 5.65 Å². The fourth-order valence-electron chi connectivity index (χ4n) is 3.49. The van der Waals surface area contributed by atoms with Crippen molar-refractivity contribution < 1.29 is 4.79 Å². The Morgan fingerprint density at radius 2 is 2.17 bits per heavy atom. The standard InChI is InChI=1S/C16H22N6OS/c23-16(10-24-13-3-1-2-4-13)18-12-7-8-21(9-12)15-6-5-14-19-17-11-22(14)20-15/h5-6,11-13H,1-4,7-10H2,(H,18,23)/t12-/m1/s1. The van der Waals surface area contributed by atoms with Crippen LogP contribution in [-0.4, -0.2) is 55.9 Å². The van der Waals surface area contributed by atoms with Crippen molar-refractivity contribution in [1.29, 1.82) is 0 Å². The maximum atomic E-state index is 12.2. The van der Waals surface area contributed by atoms with Gasteiger partial charge in [0.1, 0.15) is 12.1 Å². The zero-order valence-corrected chi connectivity index (χ0v) is 14.4. The Balaban J connectivity index is 1.28. The van der Waals surface area contributed by atoms with E-state index in [1.807, 2.05) is 23.9 Å². The molecule has 1 aliphatic heterocycles. The highest BCUT2D eigenvalue weighted by Gasteiger charge is 2.25. The molecule has 2 aromatic rings. The Kier molecular flexibility index (Phi) is 4.55. The van der Waals surface area contributed by atoms with Gasteiger partial charge in [-0.2, -0.15) is 4.52 Å². The van der Waals surface area contributed by atoms with Crippen molar-refractivity contribution >= 4 is 29.1 Å². The van der Waals surface area contributed by atoms with E-state index in [0.717, 1.165) is 31.0 Å². The second-order valence-electron chi connectivity index (χ2n) is 6.54. The maximum absolute atomic E-state index is 12.2. The average molecular weight is 346 g/mol. The molecule has 128 valence electrons. The number of rotatable bonds is 5. The summed E-state index contributed by atoms with van der Waals surface area (Å²) >= 11 is 1.82. The molecule has 3 heterocycles. The topological polar surface area (TPSA) is 75.4 Å². The number of fused-ring (bicyclic) bond motifs is 1. The van der Waals surface area contributed by atoms with Crippen LogP contribution in [0.5, 0.6) is 0 Å². The minimum absolute atomic E-state index is 0.168. The Morgan fingerprint density at radius 1 is 1.29 bits per heavy atom. The lowest BCUT2D eigenvalue weighted by Crippen LogP contribution is -2.38. The molecule has 0 spiro atoms. The molecule has 2 aliphatic rings. The van der Waals surface area contributed by atoms with E-state index < -0.39 is 0 Å². The number of hydrogen-bond acceptors (Lipinski definition) is 6. The zero-order valence-electron chi connectivity index (χ0n) is 13.6. The first-order chi connectivity index (χ1) is 11.8. The lowest BCUT2D eigenvalue weighted by molar-refractivity contribution is -0.119. The molecule has 1 saturated heterocycles. The third-order valence-corrected chi connectivity index (χ3v) is 6.15. The molecule has 0 bridgehead atoms. The molecular formula is C16H22N6OS. The van der Waals surface area contributed by atoms with E-state index in [4.69, 9.17) is 0 Å². The van der Waals surface area contributed by atoms with Crippen molar-refractivity contribution in [1.82, 2.24) is 25.1 Å². The second kappa shape index (κ2) is 6.96. The van der Waals surface area contributed by atoms with Crippen LogP contribution in [0.4, 0.5) is 5.82 Å². The SMILES string of the molecule is O=C(CSC1CCCC1)N[C@@H]1CCN(c2ccc3nncn3n2)C1. The first kappa shape index (κ1) is 15.7. The monoisotopic (exact) mass is 346 g/mol. The summed E-state index contributed by atoms with van der Waals surface area (Å²) in [5, 5.41) is 16.2. The first-order valence-electron chi connectivity index (χ1n) is 8.61. The molecule has 1 atom stereocenters. The molecule has 0 radical (unpaired) electrons. The van der Waals surface area contributed by atoms with Gasteiger partial charge in [-0.15, -0.1) is 27.1 Å². The third kappa shape index (κ3) is 3.48. The molecule has 7 nitrogen and oxygen atoms in total. The van der Waals surface area contributed by atoms with Gasteiger partial charge < -0.3 is 10.2 Å². The number of nitrogens with zero attached hydrogens (tertiary/aromatic N) is 5. The summed E-state index contributed by atoms with van der Waals surface area (Å²) in [5.74, 6) is 1.66. The summed E-state index contributed by atoms with van der Waals surface area (Å²) in [5.41, 5.74) is 0.742. The van der Waals surface area contributed by atoms with Gasteiger partial charge >= 0.3 is 0 Å². The van der Waals surface area contributed by atoms with Crippen molar-refractivity contribution in [2.45, 2.75) is 43.4 Å². The largest absolute Gasteiger partial charge is 0.353 e. The van der Waals surface area contributed by atoms with Crippen LogP contribution in [-0.2, 0) is 4.79 Å². The van der Waals surface area contributed by atoms with E-state index in [9.17, 15) is 4.79 Å². The van der Waals surface area contributed by atoms with Gasteiger partial charge in [0, 0.05) is 24.4 Å². The molecule has 0 unspecified atom stereocenters. The molecule has 1 saturated carbocycles. The highest BCUT2D eigenvalue weighted by Crippen LogP contribution is 2.29. The van der Waals surface area contributed by atoms with E-state index in [2.05, 4.69) is 25.5 Å². The number of hydrogen-bond donors (Lipinski definition) is 1. The minimum atomic E-state index is 0.168. The zero-order chi connectivity index (χ0) is 16.4. The summed E-state index contributed by atoms with van der Waals surface area (Å²) in [7, 11) is 0. The molecule has 8 heteroatoms. The first-order valence-corrected chi connectivity index (χ1v) is 9.66. The highest BCUT2D eigenvalue weighted by atomic mass is 32.2. The van der Waals surface area contributed by atoms with Crippen LogP contribution in [0.15, 0.2) is 18.5 Å². The normalized spacial score (nSPS) is 21.7. The van der Waals surface area contributed by atoms with Gasteiger partial charge in [-0.3, -0.25) is 4.79 Å². The molecule has 2 fully saturated rings. The maximum Gasteiger partial charge on any atom is 0.230 e. The summed E-state index contributed by atoms with van der Waals surface area (Å²) in [6.07, 6.45) is 7.75. The summed E-state index contributed by atoms with van der Waals surface area (Å²) < 4.78 is 1.68. The summed E-state index contributed by atoms with van der Waals surface area (Å²) in [6.45, 7) is 1.71. The van der Waals surface area contributed by atoms with Gasteiger partial charge in [0.15, 0.2) is 5.65 Å². The van der Waals surface area contributed by atoms with Crippen molar-refractivity contribution in [2.75, 3.05) is 23.7 Å². The van der Waals surface area contributed by atoms with Crippen LogP contribution < -0.4 is 10.2 Å². The van der Waals surface area contributed by atoms with Crippen molar-refractivity contribution in [3.8, 4) is 0 Å². The number of carbonyl (C=O) groups is 1. The molecular weight excluding hydrogens is 324 g/mol. The number of anilines is 1. The van der Waals surface area contributed by atoms with Gasteiger partial charge in [-0.1, -0.05) is 12.8 Å². The van der Waals surface area contributed by atoms with Gasteiger partial charge in [0.2, 0.25) is 5.91 Å². The highest BCUT2D eigenvalue weighted by molar-refractivity contribution is 8.00. The molecule has 24 heavy (non-hydrogen) atoms. The van der Waals surface area contributed by atoms with E-state index in [1.165, 1.54) is 25.7 Å². The van der Waals surface area contributed by atoms with Gasteiger partial charge in [-0.05, 0) is 31.4 Å². The fraction of sp³-hybridized carbons (Fsp3) is 0.625. The van der Waals surface area contributed by atoms with Crippen LogP contribution in [0.2, 0.25) is 0 Å². The predicted molar refractivity (Wildman–Crippen MR) is 94.3 cm³/mol. The van der Waals surface area contributed by atoms with E-state index >= 15 is 0 Å². The number of nitrogens with one attached hydrogen (secondary N) is 1. The number of aromatic nitrogens is 4. The number of carbonyl (C=O) groups excluding carboxylic acids is 1. The second-order valence-corrected chi connectivity index (χ2v) is 7.83. The molecule has 2 aromatic heterocycles. The molecule has 1 N–H and O–H groups in total. The van der Waals surface area contributed by atoms with Gasteiger partial charge in [0.25, 0.3) is 0 Å². The Bertz CT molecular complexity index is 713. The number of amides is 1. The minimum Gasteiger partial charge on any atom is -0.353 e. The van der Waals surface area contributed by atoms with Crippen LogP contribution in [0, 0.1) is 0 Å². The lowest BCUT2D eigenvalue weighted by Gasteiger charge is -2.18. The van der Waals surface area contributed by atoms with Crippen molar-refractivity contribution in [3.05, 3.63) is 18.5 Å². The van der Waals surface area contributed by atoms with E-state index in [0.29, 0.717) is 11.0 Å². The van der Waals surface area contributed by atoms with Crippen molar-refractivity contribution in [2.24, 2.45) is 0 Å². The third-order valence-electron chi connectivity index (χ3n) is 4.78. The predicted octanol–water partition coefficient (Wildman–Crippen LogP) is 1.49. The Morgan fingerprint density at radius 3 is 3.04 bits per heavy atom. The lowest BCUT2D eigenvalue weighted by atomic mass is 10.2. The van der Waals surface area contributed by atoms with Crippen LogP contribution in [0.3, 0.4) is 0 Å². The summed E-state index contributed by atoms with van der Waals surface area (Å²) in [6, 6.07) is 4.09. The molecule has 1 aliphatic carbocycles. The fourth-order valence-corrected chi connectivity index (χ4v) is 4.63. The van der Waals surface area contributed by atoms with E-state index in [-0.39, 0.29) is 11.9 Å². The van der Waals surface area contributed by atoms with Crippen molar-refractivity contribution in [3.63, 3.8) is 0 Å². The smallest absolute Gasteiger partial charge is 0.230 e. The molecule has 1 amide bonds. The summed E-state index contributed by atoms with van der Waals surface area (Å²) in [4.78, 5) is 14.4. The number of thioether (sulfide) groups is 1. The van der Waals surface area contributed by atoms with Gasteiger partial charge in [0.05, 0.1) is 5.75 Å². The Labute approximate surface area is 145 Å².